The molecule has 0 aliphatic heterocycles. The van der Waals surface area contributed by atoms with E-state index in [9.17, 15) is 9.59 Å². The summed E-state index contributed by atoms with van der Waals surface area (Å²) in [5.41, 5.74) is 3.83. The number of amides is 2. The number of ether oxygens (including phenoxy) is 1. The van der Waals surface area contributed by atoms with Crippen LogP contribution in [0.25, 0.3) is 0 Å². The molecule has 2 unspecified atom stereocenters. The van der Waals surface area contributed by atoms with Crippen LogP contribution in [-0.4, -0.2) is 17.0 Å². The van der Waals surface area contributed by atoms with Crippen molar-refractivity contribution in [2.24, 2.45) is 11.3 Å². The molecule has 0 spiro atoms. The SMILES string of the molecule is O=C(NO)C1CC1(Cc1ccc(OCc2ccccc2)cc1)C(=O)NCc1ccccc1. The van der Waals surface area contributed by atoms with Crippen molar-refractivity contribution in [3.05, 3.63) is 102 Å². The number of hydrogen-bond acceptors (Lipinski definition) is 4. The fourth-order valence-corrected chi connectivity index (χ4v) is 4.02. The van der Waals surface area contributed by atoms with Crippen molar-refractivity contribution in [3.63, 3.8) is 0 Å². The molecule has 4 rings (SSSR count). The van der Waals surface area contributed by atoms with E-state index in [1.807, 2.05) is 84.9 Å². The Hall–Kier alpha value is -3.64. The summed E-state index contributed by atoms with van der Waals surface area (Å²) in [7, 11) is 0. The fraction of sp³-hybridized carbons (Fsp3) is 0.231. The number of benzene rings is 3. The lowest BCUT2D eigenvalue weighted by Crippen LogP contribution is -2.37. The summed E-state index contributed by atoms with van der Waals surface area (Å²) in [5.74, 6) is -0.528. The molecule has 3 aromatic carbocycles. The van der Waals surface area contributed by atoms with Crippen molar-refractivity contribution in [1.82, 2.24) is 10.8 Å². The summed E-state index contributed by atoms with van der Waals surface area (Å²) in [6.45, 7) is 0.867. The summed E-state index contributed by atoms with van der Waals surface area (Å²) in [6, 6.07) is 27.1. The van der Waals surface area contributed by atoms with Gasteiger partial charge in [0.05, 0.1) is 11.3 Å². The second-order valence-corrected chi connectivity index (χ2v) is 8.15. The van der Waals surface area contributed by atoms with Crippen molar-refractivity contribution in [2.75, 3.05) is 0 Å². The Kier molecular flexibility index (Phi) is 6.52. The molecule has 3 aromatic rings. The average Bonchev–Trinajstić information content (AvgIpc) is 3.58. The van der Waals surface area contributed by atoms with E-state index >= 15 is 0 Å². The molecule has 1 aliphatic rings. The van der Waals surface area contributed by atoms with Crippen molar-refractivity contribution >= 4 is 11.8 Å². The molecule has 0 heterocycles. The molecular weight excluding hydrogens is 404 g/mol. The van der Waals surface area contributed by atoms with Crippen LogP contribution in [0.2, 0.25) is 0 Å². The lowest BCUT2D eigenvalue weighted by Gasteiger charge is -2.18. The highest BCUT2D eigenvalue weighted by Crippen LogP contribution is 2.55. The quantitative estimate of drug-likeness (QED) is 0.357. The van der Waals surface area contributed by atoms with Crippen molar-refractivity contribution < 1.29 is 19.5 Å². The van der Waals surface area contributed by atoms with Gasteiger partial charge in [-0.2, -0.15) is 0 Å². The molecule has 2 atom stereocenters. The van der Waals surface area contributed by atoms with Gasteiger partial charge in [0.1, 0.15) is 12.4 Å². The molecule has 0 radical (unpaired) electrons. The minimum absolute atomic E-state index is 0.181. The van der Waals surface area contributed by atoms with Gasteiger partial charge >= 0.3 is 0 Å². The summed E-state index contributed by atoms with van der Waals surface area (Å²) in [5, 5.41) is 12.0. The fourth-order valence-electron chi connectivity index (χ4n) is 4.02. The van der Waals surface area contributed by atoms with Crippen LogP contribution in [0, 0.1) is 11.3 Å². The Balaban J connectivity index is 1.41. The molecule has 6 heteroatoms. The number of nitrogens with one attached hydrogen (secondary N) is 2. The molecule has 1 saturated carbocycles. The highest BCUT2D eigenvalue weighted by atomic mass is 16.5. The molecular formula is C26H26N2O4. The normalized spacial score (nSPS) is 19.1. The van der Waals surface area contributed by atoms with Gasteiger partial charge in [0.15, 0.2) is 0 Å². The zero-order valence-electron chi connectivity index (χ0n) is 17.7. The van der Waals surface area contributed by atoms with Gasteiger partial charge in [0.25, 0.3) is 0 Å². The van der Waals surface area contributed by atoms with Crippen LogP contribution in [0.15, 0.2) is 84.9 Å². The summed E-state index contributed by atoms with van der Waals surface area (Å²) >= 11 is 0. The van der Waals surface area contributed by atoms with E-state index in [1.54, 1.807) is 5.48 Å². The van der Waals surface area contributed by atoms with E-state index in [-0.39, 0.29) is 5.91 Å². The first-order valence-electron chi connectivity index (χ1n) is 10.6. The largest absolute Gasteiger partial charge is 0.489 e. The lowest BCUT2D eigenvalue weighted by molar-refractivity contribution is -0.135. The third-order valence-electron chi connectivity index (χ3n) is 5.94. The van der Waals surface area contributed by atoms with E-state index in [2.05, 4.69) is 5.32 Å². The van der Waals surface area contributed by atoms with Gasteiger partial charge in [-0.3, -0.25) is 14.8 Å². The molecule has 3 N–H and O–H groups in total. The van der Waals surface area contributed by atoms with Crippen LogP contribution < -0.4 is 15.5 Å². The van der Waals surface area contributed by atoms with Crippen LogP contribution in [-0.2, 0) is 29.2 Å². The minimum Gasteiger partial charge on any atom is -0.489 e. The molecule has 2 amide bonds. The molecule has 32 heavy (non-hydrogen) atoms. The molecule has 164 valence electrons. The van der Waals surface area contributed by atoms with E-state index < -0.39 is 17.2 Å². The first kappa shape index (κ1) is 21.6. The van der Waals surface area contributed by atoms with Gasteiger partial charge in [-0.25, -0.2) is 5.48 Å². The number of hydrogen-bond donors (Lipinski definition) is 3. The predicted octanol–water partition coefficient (Wildman–Crippen LogP) is 3.64. The van der Waals surface area contributed by atoms with Crippen LogP contribution in [0.4, 0.5) is 0 Å². The molecule has 0 aromatic heterocycles. The monoisotopic (exact) mass is 430 g/mol. The first-order valence-corrected chi connectivity index (χ1v) is 10.6. The topological polar surface area (TPSA) is 87.7 Å². The molecule has 0 saturated heterocycles. The van der Waals surface area contributed by atoms with Gasteiger partial charge in [0.2, 0.25) is 11.8 Å². The van der Waals surface area contributed by atoms with Gasteiger partial charge in [0, 0.05) is 6.54 Å². The smallest absolute Gasteiger partial charge is 0.247 e. The number of carbonyl (C=O) groups is 2. The minimum atomic E-state index is -0.867. The van der Waals surface area contributed by atoms with Gasteiger partial charge in [-0.05, 0) is 41.7 Å². The Morgan fingerprint density at radius 2 is 1.50 bits per heavy atom. The van der Waals surface area contributed by atoms with Crippen LogP contribution in [0.1, 0.15) is 23.1 Å². The Morgan fingerprint density at radius 1 is 0.875 bits per heavy atom. The van der Waals surface area contributed by atoms with E-state index in [4.69, 9.17) is 9.94 Å². The second-order valence-electron chi connectivity index (χ2n) is 8.15. The maximum absolute atomic E-state index is 13.1. The lowest BCUT2D eigenvalue weighted by atomic mass is 9.92. The number of hydroxylamine groups is 1. The van der Waals surface area contributed by atoms with Crippen LogP contribution in [0.5, 0.6) is 5.75 Å². The standard InChI is InChI=1S/C26H26N2O4/c29-24(28-31)23-16-26(23,25(30)27-17-20-7-3-1-4-8-20)15-19-11-13-22(14-12-19)32-18-21-9-5-2-6-10-21/h1-14,23,31H,15-18H2,(H,27,30)(H,28,29). The average molecular weight is 431 g/mol. The highest BCUT2D eigenvalue weighted by Gasteiger charge is 2.63. The van der Waals surface area contributed by atoms with E-state index in [0.29, 0.717) is 26.0 Å². The first-order chi connectivity index (χ1) is 15.6. The maximum Gasteiger partial charge on any atom is 0.247 e. The third kappa shape index (κ3) is 4.98. The van der Waals surface area contributed by atoms with Crippen molar-refractivity contribution in [1.29, 1.82) is 0 Å². The van der Waals surface area contributed by atoms with Gasteiger partial charge < -0.3 is 10.1 Å². The third-order valence-corrected chi connectivity index (χ3v) is 5.94. The summed E-state index contributed by atoms with van der Waals surface area (Å²) in [6.07, 6.45) is 0.803. The van der Waals surface area contributed by atoms with Crippen LogP contribution >= 0.6 is 0 Å². The Bertz CT molecular complexity index is 1050. The zero-order chi connectivity index (χ0) is 22.4. The van der Waals surface area contributed by atoms with Crippen molar-refractivity contribution in [3.8, 4) is 5.75 Å². The zero-order valence-corrected chi connectivity index (χ0v) is 17.7. The van der Waals surface area contributed by atoms with Crippen LogP contribution in [0.3, 0.4) is 0 Å². The Morgan fingerprint density at radius 3 is 2.12 bits per heavy atom. The molecule has 6 nitrogen and oxygen atoms in total. The summed E-state index contributed by atoms with van der Waals surface area (Å²) < 4.78 is 5.83. The molecule has 1 fully saturated rings. The number of carbonyl (C=O) groups excluding carboxylic acids is 2. The van der Waals surface area contributed by atoms with E-state index in [0.717, 1.165) is 22.4 Å². The predicted molar refractivity (Wildman–Crippen MR) is 120 cm³/mol. The molecule has 1 aliphatic carbocycles. The maximum atomic E-state index is 13.1. The second kappa shape index (κ2) is 9.66. The molecule has 0 bridgehead atoms. The Labute approximate surface area is 187 Å². The van der Waals surface area contributed by atoms with Gasteiger partial charge in [-0.1, -0.05) is 72.8 Å². The number of rotatable bonds is 9. The highest BCUT2D eigenvalue weighted by molar-refractivity contribution is 5.95. The summed E-state index contributed by atoms with van der Waals surface area (Å²) in [4.78, 5) is 25.1. The van der Waals surface area contributed by atoms with E-state index in [1.165, 1.54) is 0 Å². The van der Waals surface area contributed by atoms with Crippen molar-refractivity contribution in [2.45, 2.75) is 26.0 Å². The van der Waals surface area contributed by atoms with Gasteiger partial charge in [-0.15, -0.1) is 0 Å².